The number of benzene rings is 2. The molecule has 0 saturated heterocycles. The zero-order chi connectivity index (χ0) is 22.5. The van der Waals surface area contributed by atoms with Crippen molar-refractivity contribution in [2.45, 2.75) is 32.2 Å². The van der Waals surface area contributed by atoms with Gasteiger partial charge in [0.05, 0.1) is 17.2 Å². The maximum absolute atomic E-state index is 12.9. The molecule has 1 atom stereocenters. The summed E-state index contributed by atoms with van der Waals surface area (Å²) in [5.41, 5.74) is 4.68. The molecule has 2 aromatic heterocycles. The lowest BCUT2D eigenvalue weighted by molar-refractivity contribution is -0.384. The van der Waals surface area contributed by atoms with Crippen molar-refractivity contribution in [2.24, 2.45) is 0 Å². The summed E-state index contributed by atoms with van der Waals surface area (Å²) in [6.07, 6.45) is 4.64. The molecule has 1 unspecified atom stereocenters. The molecule has 4 rings (SSSR count). The lowest BCUT2D eigenvalue weighted by Gasteiger charge is -2.17. The Kier molecular flexibility index (Phi) is 6.26. The van der Waals surface area contributed by atoms with E-state index in [0.29, 0.717) is 6.54 Å². The van der Waals surface area contributed by atoms with Crippen LogP contribution in [0.5, 0.6) is 0 Å². The zero-order valence-corrected chi connectivity index (χ0v) is 17.7. The molecule has 0 radical (unpaired) electrons. The zero-order valence-electron chi connectivity index (χ0n) is 17.7. The van der Waals surface area contributed by atoms with Crippen molar-refractivity contribution < 1.29 is 9.72 Å². The van der Waals surface area contributed by atoms with Gasteiger partial charge in [-0.05, 0) is 35.2 Å². The van der Waals surface area contributed by atoms with Gasteiger partial charge in [-0.2, -0.15) is 0 Å². The summed E-state index contributed by atoms with van der Waals surface area (Å²) in [5, 5.41) is 15.3. The Bertz CT molecular complexity index is 1250. The number of H-pyrrole nitrogens is 1. The monoisotopic (exact) mass is 428 g/mol. The number of amides is 1. The van der Waals surface area contributed by atoms with Gasteiger partial charge in [0.15, 0.2) is 0 Å². The number of nitrogens with zero attached hydrogens (tertiary/aromatic N) is 2. The van der Waals surface area contributed by atoms with Crippen LogP contribution in [-0.4, -0.2) is 20.8 Å². The van der Waals surface area contributed by atoms with Crippen LogP contribution in [0.2, 0.25) is 0 Å². The van der Waals surface area contributed by atoms with Gasteiger partial charge in [-0.1, -0.05) is 43.3 Å². The lowest BCUT2D eigenvalue weighted by Crippen LogP contribution is -2.25. The maximum Gasteiger partial charge on any atom is 0.269 e. The maximum atomic E-state index is 12.9. The number of nitro benzene ring substituents is 1. The van der Waals surface area contributed by atoms with Gasteiger partial charge in [0, 0.05) is 47.8 Å². The van der Waals surface area contributed by atoms with E-state index in [1.165, 1.54) is 11.6 Å². The first-order valence-electron chi connectivity index (χ1n) is 10.6. The van der Waals surface area contributed by atoms with E-state index in [2.05, 4.69) is 28.3 Å². The molecule has 0 aliphatic heterocycles. The van der Waals surface area contributed by atoms with Gasteiger partial charge in [-0.3, -0.25) is 19.9 Å². The fraction of sp³-hybridized carbons (Fsp3) is 0.200. The smallest absolute Gasteiger partial charge is 0.269 e. The first kappa shape index (κ1) is 21.2. The molecule has 162 valence electrons. The van der Waals surface area contributed by atoms with Gasteiger partial charge in [0.1, 0.15) is 0 Å². The summed E-state index contributed by atoms with van der Waals surface area (Å²) in [7, 11) is 0. The number of nitrogens with one attached hydrogen (secondary N) is 2. The number of carbonyl (C=O) groups excluding carboxylic acids is 1. The topological polar surface area (TPSA) is 101 Å². The van der Waals surface area contributed by atoms with Gasteiger partial charge >= 0.3 is 0 Å². The van der Waals surface area contributed by atoms with E-state index >= 15 is 0 Å². The summed E-state index contributed by atoms with van der Waals surface area (Å²) < 4.78 is 0. The second kappa shape index (κ2) is 9.43. The van der Waals surface area contributed by atoms with Crippen molar-refractivity contribution in [3.05, 3.63) is 106 Å². The minimum Gasteiger partial charge on any atom is -0.361 e. The number of fused-ring (bicyclic) bond motifs is 1. The van der Waals surface area contributed by atoms with Gasteiger partial charge < -0.3 is 10.3 Å². The summed E-state index contributed by atoms with van der Waals surface area (Å²) in [6.45, 7) is 2.42. The molecule has 0 spiro atoms. The number of hydrogen-bond donors (Lipinski definition) is 2. The molecule has 7 heteroatoms. The standard InChI is InChI=1S/C25H24N4O3/c1-2-17-7-6-11-21-23(16-28-25(17)21)22(18-8-5-10-20(13-18)29(31)32)14-24(30)27-15-19-9-3-4-12-26-19/h3-13,16,22,28H,2,14-15H2,1H3,(H,27,30). The highest BCUT2D eigenvalue weighted by Gasteiger charge is 2.23. The third kappa shape index (κ3) is 4.51. The van der Waals surface area contributed by atoms with Crippen LogP contribution in [0.15, 0.2) is 73.1 Å². The second-order valence-electron chi connectivity index (χ2n) is 7.64. The molecule has 2 heterocycles. The van der Waals surface area contributed by atoms with Gasteiger partial charge in [0.2, 0.25) is 5.91 Å². The van der Waals surface area contributed by atoms with Crippen molar-refractivity contribution in [3.8, 4) is 0 Å². The summed E-state index contributed by atoms with van der Waals surface area (Å²) in [6, 6.07) is 18.2. The van der Waals surface area contributed by atoms with E-state index in [9.17, 15) is 14.9 Å². The van der Waals surface area contributed by atoms with E-state index in [1.54, 1.807) is 18.3 Å². The molecular weight excluding hydrogens is 404 g/mol. The first-order valence-corrected chi connectivity index (χ1v) is 10.6. The molecule has 0 saturated carbocycles. The molecule has 0 aliphatic rings. The quantitative estimate of drug-likeness (QED) is 0.309. The highest BCUT2D eigenvalue weighted by molar-refractivity contribution is 5.88. The number of aryl methyl sites for hydroxylation is 1. The number of nitro groups is 1. The van der Waals surface area contributed by atoms with Gasteiger partial charge in [0.25, 0.3) is 5.69 Å². The van der Waals surface area contributed by atoms with Crippen LogP contribution in [0.3, 0.4) is 0 Å². The number of rotatable bonds is 8. The molecule has 0 aliphatic carbocycles. The SMILES string of the molecule is CCc1cccc2c(C(CC(=O)NCc3ccccn3)c3cccc([N+](=O)[O-])c3)c[nH]c12. The Morgan fingerprint density at radius 2 is 2.00 bits per heavy atom. The normalized spacial score (nSPS) is 11.9. The lowest BCUT2D eigenvalue weighted by atomic mass is 9.87. The average Bonchev–Trinajstić information content (AvgIpc) is 3.26. The van der Waals surface area contributed by atoms with E-state index < -0.39 is 4.92 Å². The molecule has 7 nitrogen and oxygen atoms in total. The second-order valence-corrected chi connectivity index (χ2v) is 7.64. The minimum absolute atomic E-state index is 0.00971. The summed E-state index contributed by atoms with van der Waals surface area (Å²) in [5.74, 6) is -0.479. The van der Waals surface area contributed by atoms with Crippen LogP contribution in [0, 0.1) is 10.1 Å². The number of pyridine rings is 1. The third-order valence-corrected chi connectivity index (χ3v) is 5.66. The van der Waals surface area contributed by atoms with E-state index in [0.717, 1.165) is 34.1 Å². The highest BCUT2D eigenvalue weighted by atomic mass is 16.6. The number of carbonyl (C=O) groups is 1. The minimum atomic E-state index is -0.411. The van der Waals surface area contributed by atoms with Crippen molar-refractivity contribution in [3.63, 3.8) is 0 Å². The Balaban J connectivity index is 1.68. The van der Waals surface area contributed by atoms with Crippen molar-refractivity contribution in [2.75, 3.05) is 0 Å². The van der Waals surface area contributed by atoms with E-state index in [-0.39, 0.29) is 23.9 Å². The fourth-order valence-electron chi connectivity index (χ4n) is 4.03. The van der Waals surface area contributed by atoms with Crippen molar-refractivity contribution >= 4 is 22.5 Å². The van der Waals surface area contributed by atoms with Crippen LogP contribution in [0.4, 0.5) is 5.69 Å². The van der Waals surface area contributed by atoms with Crippen LogP contribution in [-0.2, 0) is 17.8 Å². The Morgan fingerprint density at radius 3 is 2.75 bits per heavy atom. The van der Waals surface area contributed by atoms with E-state index in [1.807, 2.05) is 42.6 Å². The van der Waals surface area contributed by atoms with Gasteiger partial charge in [-0.25, -0.2) is 0 Å². The highest BCUT2D eigenvalue weighted by Crippen LogP contribution is 2.35. The van der Waals surface area contributed by atoms with Crippen LogP contribution >= 0.6 is 0 Å². The predicted molar refractivity (Wildman–Crippen MR) is 123 cm³/mol. The summed E-state index contributed by atoms with van der Waals surface area (Å²) in [4.78, 5) is 31.4. The van der Waals surface area contributed by atoms with Crippen LogP contribution in [0.1, 0.15) is 41.6 Å². The number of non-ortho nitro benzene ring substituents is 1. The largest absolute Gasteiger partial charge is 0.361 e. The molecular formula is C25H24N4O3. The van der Waals surface area contributed by atoms with Crippen LogP contribution < -0.4 is 5.32 Å². The van der Waals surface area contributed by atoms with Crippen molar-refractivity contribution in [1.82, 2.24) is 15.3 Å². The molecule has 0 fully saturated rings. The summed E-state index contributed by atoms with van der Waals surface area (Å²) >= 11 is 0. The molecule has 2 aromatic carbocycles. The molecule has 4 aromatic rings. The van der Waals surface area contributed by atoms with E-state index in [4.69, 9.17) is 0 Å². The molecule has 32 heavy (non-hydrogen) atoms. The Hall–Kier alpha value is -4.00. The molecule has 0 bridgehead atoms. The Labute approximate surface area is 185 Å². The fourth-order valence-corrected chi connectivity index (χ4v) is 4.03. The third-order valence-electron chi connectivity index (χ3n) is 5.66. The average molecular weight is 428 g/mol. The predicted octanol–water partition coefficient (Wildman–Crippen LogP) is 4.87. The van der Waals surface area contributed by atoms with Crippen molar-refractivity contribution in [1.29, 1.82) is 0 Å². The number of aromatic amines is 1. The number of hydrogen-bond acceptors (Lipinski definition) is 4. The number of para-hydroxylation sites is 1. The molecule has 1 amide bonds. The van der Waals surface area contributed by atoms with Crippen LogP contribution in [0.25, 0.3) is 10.9 Å². The number of aromatic nitrogens is 2. The van der Waals surface area contributed by atoms with Gasteiger partial charge in [-0.15, -0.1) is 0 Å². The first-order chi connectivity index (χ1) is 15.6. The Morgan fingerprint density at radius 1 is 1.16 bits per heavy atom. The molecule has 2 N–H and O–H groups in total.